The van der Waals surface area contributed by atoms with E-state index in [2.05, 4.69) is 20.3 Å². The van der Waals surface area contributed by atoms with Crippen LogP contribution in [0.4, 0.5) is 17.5 Å². The Hall–Kier alpha value is -2.37. The molecule has 0 aliphatic rings. The van der Waals surface area contributed by atoms with Gasteiger partial charge in [-0.15, -0.1) is 0 Å². The second kappa shape index (κ2) is 3.79. The molecule has 76 valence electrons. The van der Waals surface area contributed by atoms with Gasteiger partial charge in [-0.2, -0.15) is 4.98 Å². The molecule has 2 aromatic heterocycles. The highest BCUT2D eigenvalue weighted by atomic mass is 16.1. The van der Waals surface area contributed by atoms with Gasteiger partial charge in [-0.1, -0.05) is 6.07 Å². The van der Waals surface area contributed by atoms with Gasteiger partial charge in [-0.25, -0.2) is 9.78 Å². The zero-order chi connectivity index (χ0) is 10.7. The van der Waals surface area contributed by atoms with E-state index in [0.29, 0.717) is 17.5 Å². The molecule has 2 heterocycles. The van der Waals surface area contributed by atoms with Gasteiger partial charge in [-0.05, 0) is 18.2 Å². The zero-order valence-electron chi connectivity index (χ0n) is 7.77. The molecule has 0 spiro atoms. The molecule has 0 aromatic carbocycles. The number of nitrogens with zero attached hydrogens (tertiary/aromatic N) is 2. The maximum atomic E-state index is 10.9. The Balaban J connectivity index is 2.26. The van der Waals surface area contributed by atoms with E-state index < -0.39 is 5.69 Å². The molecule has 0 saturated heterocycles. The van der Waals surface area contributed by atoms with Crippen LogP contribution in [0, 0.1) is 0 Å². The summed E-state index contributed by atoms with van der Waals surface area (Å²) in [7, 11) is 0. The molecule has 6 nitrogen and oxygen atoms in total. The minimum absolute atomic E-state index is 0.407. The summed E-state index contributed by atoms with van der Waals surface area (Å²) >= 11 is 0. The number of H-pyrrole nitrogens is 1. The highest BCUT2D eigenvalue weighted by molar-refractivity contribution is 5.52. The zero-order valence-corrected chi connectivity index (χ0v) is 7.77. The molecule has 4 N–H and O–H groups in total. The number of pyridine rings is 1. The first-order chi connectivity index (χ1) is 7.24. The summed E-state index contributed by atoms with van der Waals surface area (Å²) in [6.07, 6.45) is 1.50. The smallest absolute Gasteiger partial charge is 0.346 e. The van der Waals surface area contributed by atoms with Gasteiger partial charge in [0.25, 0.3) is 0 Å². The summed E-state index contributed by atoms with van der Waals surface area (Å²) in [6, 6.07) is 6.81. The van der Waals surface area contributed by atoms with Gasteiger partial charge in [0.15, 0.2) is 0 Å². The van der Waals surface area contributed by atoms with E-state index in [0.717, 1.165) is 0 Å². The number of aromatic nitrogens is 3. The van der Waals surface area contributed by atoms with Crippen LogP contribution < -0.4 is 16.7 Å². The summed E-state index contributed by atoms with van der Waals surface area (Å²) in [5.41, 5.74) is 5.09. The van der Waals surface area contributed by atoms with Crippen LogP contribution in [0.3, 0.4) is 0 Å². The largest absolute Gasteiger partial charge is 0.384 e. The van der Waals surface area contributed by atoms with Crippen molar-refractivity contribution in [2.75, 3.05) is 11.1 Å². The van der Waals surface area contributed by atoms with Crippen LogP contribution in [-0.4, -0.2) is 15.0 Å². The number of nitrogen functional groups attached to an aromatic ring is 1. The van der Waals surface area contributed by atoms with Gasteiger partial charge in [0.2, 0.25) is 0 Å². The van der Waals surface area contributed by atoms with Crippen molar-refractivity contribution in [2.45, 2.75) is 0 Å². The van der Waals surface area contributed by atoms with Gasteiger partial charge in [0, 0.05) is 6.20 Å². The number of rotatable bonds is 2. The van der Waals surface area contributed by atoms with Crippen LogP contribution in [-0.2, 0) is 0 Å². The van der Waals surface area contributed by atoms with Crippen LogP contribution in [0.1, 0.15) is 0 Å². The van der Waals surface area contributed by atoms with Gasteiger partial charge < -0.3 is 16.0 Å². The number of hydrogen-bond donors (Lipinski definition) is 3. The monoisotopic (exact) mass is 203 g/mol. The summed E-state index contributed by atoms with van der Waals surface area (Å²) in [5.74, 6) is 1.38. The Morgan fingerprint density at radius 3 is 2.73 bits per heavy atom. The molecule has 2 aromatic rings. The second-order valence-electron chi connectivity index (χ2n) is 2.85. The first-order valence-corrected chi connectivity index (χ1v) is 4.29. The quantitative estimate of drug-likeness (QED) is 0.660. The molecule has 0 atom stereocenters. The first kappa shape index (κ1) is 9.20. The first-order valence-electron chi connectivity index (χ1n) is 4.29. The maximum Gasteiger partial charge on any atom is 0.346 e. The summed E-state index contributed by atoms with van der Waals surface area (Å²) in [4.78, 5) is 21.0. The van der Waals surface area contributed by atoms with Crippen molar-refractivity contribution in [1.29, 1.82) is 0 Å². The minimum atomic E-state index is -0.413. The second-order valence-corrected chi connectivity index (χ2v) is 2.85. The van der Waals surface area contributed by atoms with Crippen molar-refractivity contribution >= 4 is 17.5 Å². The van der Waals surface area contributed by atoms with Gasteiger partial charge in [0.05, 0.1) is 0 Å². The van der Waals surface area contributed by atoms with Crippen LogP contribution >= 0.6 is 0 Å². The average Bonchev–Trinajstić information content (AvgIpc) is 2.17. The van der Waals surface area contributed by atoms with Crippen molar-refractivity contribution in [3.63, 3.8) is 0 Å². The van der Waals surface area contributed by atoms with Crippen molar-refractivity contribution in [3.8, 4) is 0 Å². The highest BCUT2D eigenvalue weighted by Gasteiger charge is 1.97. The number of aromatic amines is 1. The predicted molar refractivity (Wildman–Crippen MR) is 56.8 cm³/mol. The third-order valence-corrected chi connectivity index (χ3v) is 1.70. The lowest BCUT2D eigenvalue weighted by molar-refractivity contribution is 1.07. The molecular formula is C9H9N5O. The molecule has 0 aliphatic heterocycles. The van der Waals surface area contributed by atoms with Crippen LogP contribution in [0.15, 0.2) is 35.3 Å². The Labute approximate surface area is 85.2 Å². The van der Waals surface area contributed by atoms with Crippen LogP contribution in [0.25, 0.3) is 0 Å². The maximum absolute atomic E-state index is 10.9. The van der Waals surface area contributed by atoms with E-state index in [1.54, 1.807) is 24.3 Å². The molecule has 0 saturated carbocycles. The van der Waals surface area contributed by atoms with E-state index in [-0.39, 0.29) is 0 Å². The van der Waals surface area contributed by atoms with Crippen molar-refractivity contribution in [3.05, 3.63) is 40.9 Å². The lowest BCUT2D eigenvalue weighted by atomic mass is 10.4. The fourth-order valence-electron chi connectivity index (χ4n) is 1.09. The highest BCUT2D eigenvalue weighted by Crippen LogP contribution is 2.10. The topological polar surface area (TPSA) is 96.7 Å². The summed E-state index contributed by atoms with van der Waals surface area (Å²) in [5, 5.41) is 2.86. The van der Waals surface area contributed by atoms with E-state index >= 15 is 0 Å². The summed E-state index contributed by atoms with van der Waals surface area (Å²) in [6.45, 7) is 0. The number of anilines is 3. The Morgan fingerprint density at radius 1 is 1.20 bits per heavy atom. The fourth-order valence-corrected chi connectivity index (χ4v) is 1.09. The molecule has 0 aliphatic carbocycles. The van der Waals surface area contributed by atoms with E-state index in [9.17, 15) is 4.79 Å². The summed E-state index contributed by atoms with van der Waals surface area (Å²) < 4.78 is 0. The van der Waals surface area contributed by atoms with Crippen LogP contribution in [0.2, 0.25) is 0 Å². The standard InChI is InChI=1S/C9H9N5O/c10-6-2-1-3-7(12-6)13-8-4-5-11-9(15)14-8/h1-5H,(H4,10,11,12,13,14,15). The number of nitrogens with two attached hydrogens (primary N) is 1. The Morgan fingerprint density at radius 2 is 2.00 bits per heavy atom. The van der Waals surface area contributed by atoms with Gasteiger partial charge >= 0.3 is 5.69 Å². The minimum Gasteiger partial charge on any atom is -0.384 e. The third-order valence-electron chi connectivity index (χ3n) is 1.70. The number of hydrogen-bond acceptors (Lipinski definition) is 5. The molecule has 6 heteroatoms. The predicted octanol–water partition coefficient (Wildman–Crippen LogP) is 0.491. The number of nitrogens with one attached hydrogen (secondary N) is 2. The van der Waals surface area contributed by atoms with Gasteiger partial charge in [0.1, 0.15) is 17.5 Å². The molecule has 0 radical (unpaired) electrons. The third kappa shape index (κ3) is 2.31. The Bertz CT molecular complexity index is 522. The van der Waals surface area contributed by atoms with Crippen molar-refractivity contribution in [1.82, 2.24) is 15.0 Å². The van der Waals surface area contributed by atoms with Gasteiger partial charge in [-0.3, -0.25) is 0 Å². The normalized spacial score (nSPS) is 9.87. The Kier molecular flexibility index (Phi) is 2.32. The molecule has 15 heavy (non-hydrogen) atoms. The molecule has 0 fully saturated rings. The van der Waals surface area contributed by atoms with Crippen molar-refractivity contribution < 1.29 is 0 Å². The fraction of sp³-hybridized carbons (Fsp3) is 0. The van der Waals surface area contributed by atoms with E-state index in [1.807, 2.05) is 0 Å². The lowest BCUT2D eigenvalue weighted by Crippen LogP contribution is -2.11. The molecule has 0 amide bonds. The van der Waals surface area contributed by atoms with Crippen LogP contribution in [0.5, 0.6) is 0 Å². The van der Waals surface area contributed by atoms with Crippen molar-refractivity contribution in [2.24, 2.45) is 0 Å². The molecule has 0 bridgehead atoms. The molecule has 0 unspecified atom stereocenters. The molecular weight excluding hydrogens is 194 g/mol. The van der Waals surface area contributed by atoms with E-state index in [1.165, 1.54) is 6.20 Å². The lowest BCUT2D eigenvalue weighted by Gasteiger charge is -2.03. The van der Waals surface area contributed by atoms with E-state index in [4.69, 9.17) is 5.73 Å². The molecule has 2 rings (SSSR count). The SMILES string of the molecule is Nc1cccc(Nc2cc[nH]c(=O)n2)n1. The average molecular weight is 203 g/mol.